The minimum atomic E-state index is 0.698. The average Bonchev–Trinajstić information content (AvgIpc) is 2.74. The van der Waals surface area contributed by atoms with E-state index in [-0.39, 0.29) is 0 Å². The van der Waals surface area contributed by atoms with E-state index in [2.05, 4.69) is 34.6 Å². The van der Waals surface area contributed by atoms with Gasteiger partial charge in [0.25, 0.3) is 0 Å². The molecular weight excluding hydrogens is 186 g/mol. The van der Waals surface area contributed by atoms with E-state index in [1.807, 2.05) is 24.5 Å². The maximum absolute atomic E-state index is 4.25. The summed E-state index contributed by atoms with van der Waals surface area (Å²) in [5.41, 5.74) is 0.990. The number of anilines is 1. The predicted molar refractivity (Wildman–Crippen MR) is 63.1 cm³/mol. The van der Waals surface area contributed by atoms with E-state index in [0.717, 1.165) is 18.0 Å². The molecule has 0 saturated carbocycles. The first-order valence-corrected chi connectivity index (χ1v) is 5.47. The highest BCUT2D eigenvalue weighted by molar-refractivity contribution is 5.49. The van der Waals surface area contributed by atoms with Crippen molar-refractivity contribution in [2.75, 3.05) is 11.9 Å². The smallest absolute Gasteiger partial charge is 0.138 e. The van der Waals surface area contributed by atoms with Crippen molar-refractivity contribution in [3.8, 4) is 0 Å². The minimum Gasteiger partial charge on any atom is -0.371 e. The Morgan fingerprint density at radius 2 is 2.33 bits per heavy atom. The molecule has 0 bridgehead atoms. The summed E-state index contributed by atoms with van der Waals surface area (Å²) in [5, 5.41) is 3.45. The number of nitrogens with one attached hydrogen (secondary N) is 1. The summed E-state index contributed by atoms with van der Waals surface area (Å²) in [6, 6.07) is 6.12. The van der Waals surface area contributed by atoms with Crippen LogP contribution in [0.1, 0.15) is 20.3 Å². The van der Waals surface area contributed by atoms with Crippen LogP contribution in [0.4, 0.5) is 5.82 Å². The first-order valence-electron chi connectivity index (χ1n) is 5.47. The summed E-state index contributed by atoms with van der Waals surface area (Å²) < 4.78 is 2.07. The van der Waals surface area contributed by atoms with Crippen LogP contribution in [-0.2, 0) is 0 Å². The van der Waals surface area contributed by atoms with Gasteiger partial charge in [0, 0.05) is 18.9 Å². The maximum atomic E-state index is 4.25. The summed E-state index contributed by atoms with van der Waals surface area (Å²) in [6.45, 7) is 5.47. The molecule has 0 fully saturated rings. The third-order valence-corrected chi connectivity index (χ3v) is 2.76. The number of rotatable bonds is 4. The lowest BCUT2D eigenvalue weighted by atomic mass is 10.1. The molecule has 1 atom stereocenters. The highest BCUT2D eigenvalue weighted by Crippen LogP contribution is 2.12. The minimum absolute atomic E-state index is 0.698. The van der Waals surface area contributed by atoms with Crippen molar-refractivity contribution in [2.24, 2.45) is 5.92 Å². The number of imidazole rings is 1. The molecule has 0 spiro atoms. The standard InChI is InChI=1S/C12H17N3/c1-3-10(2)9-14-12-6-4-5-11-13-7-8-15(11)12/h4-8,10,14H,3,9H2,1-2H3. The van der Waals surface area contributed by atoms with Crippen molar-refractivity contribution in [3.05, 3.63) is 30.6 Å². The number of fused-ring (bicyclic) bond motifs is 1. The predicted octanol–water partition coefficient (Wildman–Crippen LogP) is 2.79. The second-order valence-electron chi connectivity index (χ2n) is 3.96. The summed E-state index contributed by atoms with van der Waals surface area (Å²) >= 11 is 0. The summed E-state index contributed by atoms with van der Waals surface area (Å²) in [7, 11) is 0. The van der Waals surface area contributed by atoms with Gasteiger partial charge in [-0.15, -0.1) is 0 Å². The molecule has 0 saturated heterocycles. The first-order chi connectivity index (χ1) is 7.31. The lowest BCUT2D eigenvalue weighted by Crippen LogP contribution is -2.12. The SMILES string of the molecule is CCC(C)CNc1cccc2nccn12. The zero-order valence-corrected chi connectivity index (χ0v) is 9.27. The number of aromatic nitrogens is 2. The van der Waals surface area contributed by atoms with Crippen LogP contribution < -0.4 is 5.32 Å². The summed E-state index contributed by atoms with van der Waals surface area (Å²) in [6.07, 6.45) is 5.00. The summed E-state index contributed by atoms with van der Waals surface area (Å²) in [4.78, 5) is 4.25. The van der Waals surface area contributed by atoms with Gasteiger partial charge in [-0.1, -0.05) is 26.3 Å². The van der Waals surface area contributed by atoms with Crippen LogP contribution in [0.15, 0.2) is 30.6 Å². The molecule has 0 radical (unpaired) electrons. The van der Waals surface area contributed by atoms with Gasteiger partial charge in [0.15, 0.2) is 0 Å². The van der Waals surface area contributed by atoms with Crippen molar-refractivity contribution < 1.29 is 0 Å². The second kappa shape index (κ2) is 4.34. The monoisotopic (exact) mass is 203 g/mol. The molecule has 80 valence electrons. The molecule has 0 aliphatic heterocycles. The zero-order valence-electron chi connectivity index (χ0n) is 9.27. The fourth-order valence-electron chi connectivity index (χ4n) is 1.51. The van der Waals surface area contributed by atoms with Crippen LogP contribution >= 0.6 is 0 Å². The van der Waals surface area contributed by atoms with E-state index in [1.54, 1.807) is 0 Å². The molecule has 1 unspecified atom stereocenters. The molecular formula is C12H17N3. The molecule has 2 rings (SSSR count). The Morgan fingerprint density at radius 1 is 1.47 bits per heavy atom. The van der Waals surface area contributed by atoms with Gasteiger partial charge in [0.1, 0.15) is 11.5 Å². The molecule has 15 heavy (non-hydrogen) atoms. The Bertz CT molecular complexity index is 433. The van der Waals surface area contributed by atoms with Crippen LogP contribution in [-0.4, -0.2) is 15.9 Å². The fraction of sp³-hybridized carbons (Fsp3) is 0.417. The van der Waals surface area contributed by atoms with Crippen LogP contribution in [0.3, 0.4) is 0 Å². The fourth-order valence-corrected chi connectivity index (χ4v) is 1.51. The van der Waals surface area contributed by atoms with Crippen LogP contribution in [0.25, 0.3) is 5.65 Å². The highest BCUT2D eigenvalue weighted by Gasteiger charge is 2.01. The van der Waals surface area contributed by atoms with Crippen molar-refractivity contribution in [2.45, 2.75) is 20.3 Å². The van der Waals surface area contributed by atoms with Gasteiger partial charge in [-0.2, -0.15) is 0 Å². The van der Waals surface area contributed by atoms with Gasteiger partial charge >= 0.3 is 0 Å². The normalized spacial score (nSPS) is 12.9. The number of hydrogen-bond donors (Lipinski definition) is 1. The van der Waals surface area contributed by atoms with E-state index >= 15 is 0 Å². The summed E-state index contributed by atoms with van der Waals surface area (Å²) in [5.74, 6) is 1.81. The molecule has 2 heterocycles. The zero-order chi connectivity index (χ0) is 10.7. The van der Waals surface area contributed by atoms with Crippen molar-refractivity contribution in [1.29, 1.82) is 0 Å². The molecule has 0 amide bonds. The van der Waals surface area contributed by atoms with Crippen LogP contribution in [0, 0.1) is 5.92 Å². The Hall–Kier alpha value is -1.51. The molecule has 3 heteroatoms. The van der Waals surface area contributed by atoms with Gasteiger partial charge in [0.2, 0.25) is 0 Å². The van der Waals surface area contributed by atoms with E-state index in [9.17, 15) is 0 Å². The van der Waals surface area contributed by atoms with Gasteiger partial charge in [-0.05, 0) is 18.1 Å². The van der Waals surface area contributed by atoms with Crippen molar-refractivity contribution in [1.82, 2.24) is 9.38 Å². The van der Waals surface area contributed by atoms with Crippen LogP contribution in [0.5, 0.6) is 0 Å². The first kappa shape index (κ1) is 10.0. The average molecular weight is 203 g/mol. The molecule has 3 nitrogen and oxygen atoms in total. The third-order valence-electron chi connectivity index (χ3n) is 2.76. The van der Waals surface area contributed by atoms with E-state index < -0.39 is 0 Å². The van der Waals surface area contributed by atoms with Gasteiger partial charge in [-0.25, -0.2) is 4.98 Å². The molecule has 0 aliphatic rings. The lowest BCUT2D eigenvalue weighted by molar-refractivity contribution is 0.592. The Labute approximate surface area is 90.1 Å². The molecule has 0 aliphatic carbocycles. The molecule has 2 aromatic heterocycles. The van der Waals surface area contributed by atoms with E-state index in [4.69, 9.17) is 0 Å². The molecule has 0 aromatic carbocycles. The number of pyridine rings is 1. The number of hydrogen-bond acceptors (Lipinski definition) is 2. The largest absolute Gasteiger partial charge is 0.371 e. The van der Waals surface area contributed by atoms with E-state index in [0.29, 0.717) is 5.92 Å². The van der Waals surface area contributed by atoms with Crippen molar-refractivity contribution >= 4 is 11.5 Å². The Kier molecular flexibility index (Phi) is 2.90. The third kappa shape index (κ3) is 2.12. The topological polar surface area (TPSA) is 29.3 Å². The van der Waals surface area contributed by atoms with Gasteiger partial charge in [-0.3, -0.25) is 4.40 Å². The number of nitrogens with zero attached hydrogens (tertiary/aromatic N) is 2. The Morgan fingerprint density at radius 3 is 3.13 bits per heavy atom. The van der Waals surface area contributed by atoms with Gasteiger partial charge < -0.3 is 5.32 Å². The van der Waals surface area contributed by atoms with Gasteiger partial charge in [0.05, 0.1) is 0 Å². The molecule has 1 N–H and O–H groups in total. The second-order valence-corrected chi connectivity index (χ2v) is 3.96. The molecule has 2 aromatic rings. The highest BCUT2D eigenvalue weighted by atomic mass is 15.1. The quantitative estimate of drug-likeness (QED) is 0.828. The Balaban J connectivity index is 2.17. The van der Waals surface area contributed by atoms with Crippen molar-refractivity contribution in [3.63, 3.8) is 0 Å². The van der Waals surface area contributed by atoms with E-state index in [1.165, 1.54) is 6.42 Å². The maximum Gasteiger partial charge on any atom is 0.138 e. The lowest BCUT2D eigenvalue weighted by Gasteiger charge is -2.12. The van der Waals surface area contributed by atoms with Crippen LogP contribution in [0.2, 0.25) is 0 Å².